The molecule has 182 valence electrons. The Balaban J connectivity index is 1.70. The van der Waals surface area contributed by atoms with Gasteiger partial charge in [0, 0.05) is 31.2 Å². The van der Waals surface area contributed by atoms with Crippen molar-refractivity contribution in [2.24, 2.45) is 0 Å². The number of esters is 1. The van der Waals surface area contributed by atoms with Crippen molar-refractivity contribution in [3.63, 3.8) is 0 Å². The predicted octanol–water partition coefficient (Wildman–Crippen LogP) is 1.40. The fourth-order valence-electron chi connectivity index (χ4n) is 4.15. The average molecular weight is 484 g/mol. The first-order valence-corrected chi connectivity index (χ1v) is 12.7. The number of carbonyl (C=O) groups is 2. The number of benzene rings is 1. The molecule has 12 heteroatoms. The van der Waals surface area contributed by atoms with Gasteiger partial charge in [0.2, 0.25) is 0 Å². The molecule has 1 aromatic carbocycles. The third-order valence-corrected chi connectivity index (χ3v) is 7.79. The molecule has 2 heterocycles. The number of sulfone groups is 1. The Morgan fingerprint density at radius 3 is 2.61 bits per heavy atom. The summed E-state index contributed by atoms with van der Waals surface area (Å²) < 4.78 is 34.2. The molecule has 0 saturated carbocycles. The molecule has 0 radical (unpaired) electrons. The van der Waals surface area contributed by atoms with Crippen LogP contribution >= 0.6 is 0 Å². The molecular formula is C21H29N3O8S. The Labute approximate surface area is 192 Å². The molecule has 2 aliphatic rings. The summed E-state index contributed by atoms with van der Waals surface area (Å²) in [4.78, 5) is 39.7. The highest BCUT2D eigenvalue weighted by Crippen LogP contribution is 2.30. The van der Waals surface area contributed by atoms with Gasteiger partial charge >= 0.3 is 5.97 Å². The standard InChI is InChI=1S/C21H29N3O8S/c1-3-15(2)23(17-6-11-33(29,30)14-17)20(25)13-32-21(26)16-4-5-18(19(12-16)24(27)28)22-7-9-31-10-8-22/h4-5,12,15,17H,3,6-11,13-14H2,1-2H3/t15-,17+/m0/s1. The van der Waals surface area contributed by atoms with Crippen LogP contribution in [0.3, 0.4) is 0 Å². The molecule has 1 aromatic rings. The van der Waals surface area contributed by atoms with Gasteiger partial charge in [0.1, 0.15) is 5.69 Å². The zero-order valence-electron chi connectivity index (χ0n) is 18.8. The molecule has 0 N–H and O–H groups in total. The minimum Gasteiger partial charge on any atom is -0.452 e. The van der Waals surface area contributed by atoms with Crippen LogP contribution in [0.25, 0.3) is 0 Å². The fraction of sp³-hybridized carbons (Fsp3) is 0.619. The smallest absolute Gasteiger partial charge is 0.338 e. The summed E-state index contributed by atoms with van der Waals surface area (Å²) in [6, 6.07) is 3.40. The van der Waals surface area contributed by atoms with Crippen LogP contribution in [0, 0.1) is 10.1 Å². The summed E-state index contributed by atoms with van der Waals surface area (Å²) in [5, 5.41) is 11.6. The molecule has 2 atom stereocenters. The largest absolute Gasteiger partial charge is 0.452 e. The highest BCUT2D eigenvalue weighted by atomic mass is 32.2. The van der Waals surface area contributed by atoms with Crippen LogP contribution in [0.5, 0.6) is 0 Å². The van der Waals surface area contributed by atoms with Crippen molar-refractivity contribution < 1.29 is 32.4 Å². The second-order valence-corrected chi connectivity index (χ2v) is 10.5. The van der Waals surface area contributed by atoms with Gasteiger partial charge in [-0.25, -0.2) is 13.2 Å². The summed E-state index contributed by atoms with van der Waals surface area (Å²) >= 11 is 0. The molecule has 11 nitrogen and oxygen atoms in total. The van der Waals surface area contributed by atoms with Crippen molar-refractivity contribution in [3.05, 3.63) is 33.9 Å². The number of nitro benzene ring substituents is 1. The van der Waals surface area contributed by atoms with Gasteiger partial charge in [-0.2, -0.15) is 0 Å². The van der Waals surface area contributed by atoms with Gasteiger partial charge in [0.05, 0.1) is 35.2 Å². The summed E-state index contributed by atoms with van der Waals surface area (Å²) in [5.41, 5.74) is 0.126. The topological polar surface area (TPSA) is 136 Å². The number of nitro groups is 1. The zero-order chi connectivity index (χ0) is 24.2. The van der Waals surface area contributed by atoms with Gasteiger partial charge in [-0.05, 0) is 31.9 Å². The van der Waals surface area contributed by atoms with E-state index >= 15 is 0 Å². The summed E-state index contributed by atoms with van der Waals surface area (Å²) in [6.07, 6.45) is 0.965. The maximum absolute atomic E-state index is 12.8. The van der Waals surface area contributed by atoms with Crippen LogP contribution in [0.15, 0.2) is 18.2 Å². The van der Waals surface area contributed by atoms with E-state index in [0.717, 1.165) is 6.07 Å². The van der Waals surface area contributed by atoms with Crippen LogP contribution in [-0.2, 0) is 24.1 Å². The molecule has 2 saturated heterocycles. The van der Waals surface area contributed by atoms with E-state index in [9.17, 15) is 28.1 Å². The van der Waals surface area contributed by atoms with E-state index in [4.69, 9.17) is 9.47 Å². The maximum atomic E-state index is 12.8. The first-order chi connectivity index (χ1) is 15.6. The van der Waals surface area contributed by atoms with Crippen LogP contribution < -0.4 is 4.90 Å². The van der Waals surface area contributed by atoms with Gasteiger partial charge in [-0.3, -0.25) is 14.9 Å². The molecule has 0 aliphatic carbocycles. The monoisotopic (exact) mass is 483 g/mol. The molecular weight excluding hydrogens is 454 g/mol. The highest BCUT2D eigenvalue weighted by molar-refractivity contribution is 7.91. The lowest BCUT2D eigenvalue weighted by Gasteiger charge is -2.33. The van der Waals surface area contributed by atoms with Gasteiger partial charge in [0.15, 0.2) is 16.4 Å². The SMILES string of the molecule is CC[C@H](C)N(C(=O)COC(=O)c1ccc(N2CCOCC2)c([N+](=O)[O-])c1)[C@@H]1CCS(=O)(=O)C1. The number of nitrogens with zero attached hydrogens (tertiary/aromatic N) is 3. The van der Waals surface area contributed by atoms with E-state index in [1.54, 1.807) is 0 Å². The third kappa shape index (κ3) is 5.99. The van der Waals surface area contributed by atoms with Crippen LogP contribution in [-0.4, -0.2) is 86.6 Å². The summed E-state index contributed by atoms with van der Waals surface area (Å²) in [5.74, 6) is -1.43. The van der Waals surface area contributed by atoms with Gasteiger partial charge in [-0.15, -0.1) is 0 Å². The van der Waals surface area contributed by atoms with Crippen LogP contribution in [0.1, 0.15) is 37.0 Å². The molecule has 3 rings (SSSR count). The van der Waals surface area contributed by atoms with Crippen molar-refractivity contribution in [2.75, 3.05) is 49.3 Å². The Bertz CT molecular complexity index is 1010. The average Bonchev–Trinajstić information content (AvgIpc) is 3.16. The maximum Gasteiger partial charge on any atom is 0.338 e. The van der Waals surface area contributed by atoms with E-state index < -0.39 is 39.3 Å². The first kappa shape index (κ1) is 24.9. The van der Waals surface area contributed by atoms with Gasteiger partial charge in [-0.1, -0.05) is 6.92 Å². The Kier molecular flexibility index (Phi) is 7.90. The zero-order valence-corrected chi connectivity index (χ0v) is 19.6. The number of ether oxygens (including phenoxy) is 2. The second-order valence-electron chi connectivity index (χ2n) is 8.25. The van der Waals surface area contributed by atoms with Gasteiger partial charge < -0.3 is 19.3 Å². The van der Waals surface area contributed by atoms with Crippen molar-refractivity contribution in [1.82, 2.24) is 4.90 Å². The van der Waals surface area contributed by atoms with Crippen molar-refractivity contribution in [2.45, 2.75) is 38.8 Å². The summed E-state index contributed by atoms with van der Waals surface area (Å²) in [7, 11) is -3.19. The number of carbonyl (C=O) groups excluding carboxylic acids is 2. The molecule has 2 fully saturated rings. The molecule has 1 amide bonds. The van der Waals surface area contributed by atoms with E-state index in [1.807, 2.05) is 18.7 Å². The first-order valence-electron chi connectivity index (χ1n) is 10.9. The Morgan fingerprint density at radius 2 is 2.03 bits per heavy atom. The number of rotatable bonds is 8. The molecule has 33 heavy (non-hydrogen) atoms. The van der Waals surface area contributed by atoms with Crippen LogP contribution in [0.4, 0.5) is 11.4 Å². The summed E-state index contributed by atoms with van der Waals surface area (Å²) in [6.45, 7) is 5.05. The molecule has 0 aromatic heterocycles. The lowest BCUT2D eigenvalue weighted by molar-refractivity contribution is -0.384. The van der Waals surface area contributed by atoms with E-state index in [-0.39, 0.29) is 28.8 Å². The Morgan fingerprint density at radius 1 is 1.33 bits per heavy atom. The Hall–Kier alpha value is -2.73. The molecule has 2 aliphatic heterocycles. The second kappa shape index (κ2) is 10.5. The van der Waals surface area contributed by atoms with Crippen molar-refractivity contribution in [1.29, 1.82) is 0 Å². The van der Waals surface area contributed by atoms with E-state index in [1.165, 1.54) is 17.0 Å². The predicted molar refractivity (Wildman–Crippen MR) is 120 cm³/mol. The quantitative estimate of drug-likeness (QED) is 0.305. The molecule has 0 spiro atoms. The van der Waals surface area contributed by atoms with Gasteiger partial charge in [0.25, 0.3) is 11.6 Å². The number of anilines is 1. The number of hydrogen-bond acceptors (Lipinski definition) is 9. The highest BCUT2D eigenvalue weighted by Gasteiger charge is 2.37. The van der Waals surface area contributed by atoms with E-state index in [2.05, 4.69) is 0 Å². The number of amides is 1. The number of hydrogen-bond donors (Lipinski definition) is 0. The fourth-order valence-corrected chi connectivity index (χ4v) is 5.87. The third-order valence-electron chi connectivity index (χ3n) is 6.04. The minimum atomic E-state index is -3.19. The minimum absolute atomic E-state index is 0.0246. The lowest BCUT2D eigenvalue weighted by Crippen LogP contribution is -2.48. The lowest BCUT2D eigenvalue weighted by atomic mass is 10.1. The van der Waals surface area contributed by atoms with Crippen molar-refractivity contribution >= 4 is 33.1 Å². The number of morpholine rings is 1. The van der Waals surface area contributed by atoms with Crippen molar-refractivity contribution in [3.8, 4) is 0 Å². The van der Waals surface area contributed by atoms with E-state index in [0.29, 0.717) is 44.8 Å². The normalized spacial score (nSPS) is 20.8. The molecule has 0 unspecified atom stereocenters. The van der Waals surface area contributed by atoms with Crippen LogP contribution in [0.2, 0.25) is 0 Å². The molecule has 0 bridgehead atoms.